The third-order valence-corrected chi connectivity index (χ3v) is 6.72. The molecule has 0 atom stereocenters. The average Bonchev–Trinajstić information content (AvgIpc) is 3.11. The quantitative estimate of drug-likeness (QED) is 0.272. The van der Waals surface area contributed by atoms with Crippen molar-refractivity contribution in [3.63, 3.8) is 0 Å². The van der Waals surface area contributed by atoms with E-state index in [1.165, 1.54) is 18.2 Å². The van der Waals surface area contributed by atoms with Gasteiger partial charge in [0, 0.05) is 0 Å². The first-order valence-corrected chi connectivity index (χ1v) is 11.2. The minimum atomic E-state index is -5.00. The van der Waals surface area contributed by atoms with Gasteiger partial charge in [0.2, 0.25) is 0 Å². The lowest BCUT2D eigenvalue weighted by molar-refractivity contribution is -0.143. The second kappa shape index (κ2) is 10.4. The number of aromatic carboxylic acids is 1. The van der Waals surface area contributed by atoms with Crippen molar-refractivity contribution in [1.82, 2.24) is 0 Å². The molecule has 2 N–H and O–H groups in total. The number of rotatable bonds is 8. The maximum absolute atomic E-state index is 13.1. The highest BCUT2D eigenvalue weighted by Crippen LogP contribution is 2.46. The van der Waals surface area contributed by atoms with Gasteiger partial charge in [-0.2, -0.15) is 26.3 Å². The van der Waals surface area contributed by atoms with Gasteiger partial charge in [-0.1, -0.05) is 12.1 Å². The molecule has 0 spiro atoms. The van der Waals surface area contributed by atoms with E-state index in [0.29, 0.717) is 22.6 Å². The number of carbonyl (C=O) groups is 2. The second-order valence-electron chi connectivity index (χ2n) is 7.12. The summed E-state index contributed by atoms with van der Waals surface area (Å²) in [6.45, 7) is -1.41. The van der Waals surface area contributed by atoms with Crippen LogP contribution in [0.1, 0.15) is 26.4 Å². The molecule has 0 bridgehead atoms. The molecule has 3 aromatic rings. The van der Waals surface area contributed by atoms with Gasteiger partial charge < -0.3 is 19.7 Å². The molecule has 0 fully saturated rings. The van der Waals surface area contributed by atoms with Gasteiger partial charge in [0.05, 0.1) is 20.5 Å². The maximum atomic E-state index is 13.1. The van der Waals surface area contributed by atoms with Crippen LogP contribution in [0.5, 0.6) is 11.5 Å². The van der Waals surface area contributed by atoms with E-state index in [0.717, 1.165) is 11.3 Å². The maximum Gasteiger partial charge on any atom is 0.416 e. The van der Waals surface area contributed by atoms with Gasteiger partial charge in [-0.05, 0) is 57.4 Å². The zero-order valence-corrected chi connectivity index (χ0v) is 19.9. The Morgan fingerprint density at radius 2 is 1.53 bits per heavy atom. The van der Waals surface area contributed by atoms with Crippen LogP contribution in [-0.4, -0.2) is 28.8 Å². The lowest BCUT2D eigenvalue weighted by Crippen LogP contribution is -2.12. The van der Waals surface area contributed by atoms with Gasteiger partial charge in [-0.3, -0.25) is 0 Å². The molecule has 0 saturated heterocycles. The van der Waals surface area contributed by atoms with E-state index in [1.807, 2.05) is 0 Å². The van der Waals surface area contributed by atoms with E-state index in [9.17, 15) is 41.0 Å². The number of hydrogen-bond acceptors (Lipinski definition) is 5. The molecule has 1 heterocycles. The Labute approximate surface area is 210 Å². The Balaban J connectivity index is 1.90. The first-order valence-electron chi connectivity index (χ1n) is 9.58. The van der Waals surface area contributed by atoms with E-state index in [1.54, 1.807) is 6.07 Å². The van der Waals surface area contributed by atoms with Crippen LogP contribution < -0.4 is 9.47 Å². The van der Waals surface area contributed by atoms with Crippen LogP contribution in [0.2, 0.25) is 0 Å². The molecule has 2 aromatic carbocycles. The zero-order valence-electron chi connectivity index (χ0n) is 17.5. The minimum absolute atomic E-state index is 0.0164. The Hall–Kier alpha value is -3.26. The second-order valence-corrected chi connectivity index (χ2v) is 8.94. The molecule has 0 unspecified atom stereocenters. The predicted molar refractivity (Wildman–Crippen MR) is 118 cm³/mol. The van der Waals surface area contributed by atoms with E-state index >= 15 is 0 Å². The van der Waals surface area contributed by atoms with Crippen molar-refractivity contribution in [1.29, 1.82) is 0 Å². The molecule has 0 saturated carbocycles. The van der Waals surface area contributed by atoms with Crippen molar-refractivity contribution in [3.8, 4) is 21.9 Å². The molecule has 0 aliphatic heterocycles. The summed E-state index contributed by atoms with van der Waals surface area (Å²) in [5.74, 6) is -2.84. The number of carboxylic acid groups (broad SMARTS) is 2. The lowest BCUT2D eigenvalue weighted by Gasteiger charge is -2.15. The van der Waals surface area contributed by atoms with Gasteiger partial charge in [-0.15, -0.1) is 11.3 Å². The fourth-order valence-corrected chi connectivity index (χ4v) is 4.87. The highest BCUT2D eigenvalue weighted by molar-refractivity contribution is 9.10. The van der Waals surface area contributed by atoms with Crippen LogP contribution in [0.4, 0.5) is 26.3 Å². The third-order valence-electron chi connectivity index (χ3n) is 4.49. The van der Waals surface area contributed by atoms with Crippen molar-refractivity contribution in [2.24, 2.45) is 0 Å². The zero-order chi connectivity index (χ0) is 26.8. The monoisotopic (exact) mass is 598 g/mol. The molecule has 1 aromatic heterocycles. The molecule has 0 aliphatic rings. The largest absolute Gasteiger partial charge is 0.489 e. The molecule has 14 heteroatoms. The molecule has 0 radical (unpaired) electrons. The summed E-state index contributed by atoms with van der Waals surface area (Å²) in [6, 6.07) is 6.94. The average molecular weight is 599 g/mol. The predicted octanol–water partition coefficient (Wildman–Crippen LogP) is 6.96. The molecule has 0 aliphatic carbocycles. The summed E-state index contributed by atoms with van der Waals surface area (Å²) >= 11 is 3.95. The van der Waals surface area contributed by atoms with Crippen LogP contribution in [0, 0.1) is 0 Å². The Morgan fingerprint density at radius 1 is 0.917 bits per heavy atom. The van der Waals surface area contributed by atoms with Gasteiger partial charge in [0.25, 0.3) is 0 Å². The SMILES string of the molecule is O=C(O)COc1c(C(=O)O)sc(-c2cccc(OCc3cc(C(F)(F)F)cc(C(F)(F)F)c3)c2)c1Br. The number of ether oxygens (including phenoxy) is 2. The molecular weight excluding hydrogens is 586 g/mol. The number of benzene rings is 2. The van der Waals surface area contributed by atoms with E-state index in [-0.39, 0.29) is 32.5 Å². The summed E-state index contributed by atoms with van der Waals surface area (Å²) in [4.78, 5) is 22.4. The third kappa shape index (κ3) is 6.49. The van der Waals surface area contributed by atoms with Crippen molar-refractivity contribution in [3.05, 3.63) is 68.5 Å². The number of alkyl halides is 6. The number of carboxylic acids is 2. The fourth-order valence-electron chi connectivity index (χ4n) is 2.98. The molecule has 0 amide bonds. The van der Waals surface area contributed by atoms with E-state index < -0.39 is 48.6 Å². The van der Waals surface area contributed by atoms with Crippen LogP contribution in [0.15, 0.2) is 46.9 Å². The summed E-state index contributed by atoms with van der Waals surface area (Å²) < 4.78 is 89.1. The summed E-state index contributed by atoms with van der Waals surface area (Å²) in [5.41, 5.74) is -2.93. The molecule has 6 nitrogen and oxygen atoms in total. The Kier molecular flexibility index (Phi) is 7.88. The molecule has 36 heavy (non-hydrogen) atoms. The van der Waals surface area contributed by atoms with Crippen molar-refractivity contribution in [2.75, 3.05) is 6.61 Å². The van der Waals surface area contributed by atoms with Crippen LogP contribution >= 0.6 is 27.3 Å². The first kappa shape index (κ1) is 27.3. The molecular formula is C22H13BrF6O6S. The van der Waals surface area contributed by atoms with Crippen LogP contribution in [0.25, 0.3) is 10.4 Å². The van der Waals surface area contributed by atoms with Crippen LogP contribution in [0.3, 0.4) is 0 Å². The Morgan fingerprint density at radius 3 is 2.06 bits per heavy atom. The van der Waals surface area contributed by atoms with E-state index in [2.05, 4.69) is 15.9 Å². The van der Waals surface area contributed by atoms with Crippen molar-refractivity contribution >= 4 is 39.2 Å². The summed E-state index contributed by atoms with van der Waals surface area (Å²) in [6.07, 6.45) is -9.99. The van der Waals surface area contributed by atoms with Crippen molar-refractivity contribution < 1.29 is 55.6 Å². The number of halogens is 7. The van der Waals surface area contributed by atoms with E-state index in [4.69, 9.17) is 14.6 Å². The minimum Gasteiger partial charge on any atom is -0.489 e. The summed E-state index contributed by atoms with van der Waals surface area (Å²) in [7, 11) is 0. The highest BCUT2D eigenvalue weighted by atomic mass is 79.9. The highest BCUT2D eigenvalue weighted by Gasteiger charge is 2.37. The normalized spacial score (nSPS) is 11.9. The van der Waals surface area contributed by atoms with Gasteiger partial charge >= 0.3 is 24.3 Å². The van der Waals surface area contributed by atoms with Crippen LogP contribution in [-0.2, 0) is 23.8 Å². The smallest absolute Gasteiger partial charge is 0.416 e. The van der Waals surface area contributed by atoms with Gasteiger partial charge in [0.1, 0.15) is 12.4 Å². The lowest BCUT2D eigenvalue weighted by atomic mass is 10.1. The number of hydrogen-bond donors (Lipinski definition) is 2. The fraction of sp³-hybridized carbons (Fsp3) is 0.182. The molecule has 192 valence electrons. The topological polar surface area (TPSA) is 93.1 Å². The van der Waals surface area contributed by atoms with Crippen molar-refractivity contribution in [2.45, 2.75) is 19.0 Å². The standard InChI is InChI=1S/C22H13BrF6O6S/c23-16-17(35-9-15(30)31)19(20(32)33)36-18(16)11-2-1-3-14(6-11)34-8-10-4-12(21(24,25)26)7-13(5-10)22(27,28)29/h1-7H,8-9H2,(H,30,31)(H,32,33). The first-order chi connectivity index (χ1) is 16.7. The Bertz CT molecular complexity index is 1270. The van der Waals surface area contributed by atoms with Gasteiger partial charge in [-0.25, -0.2) is 9.59 Å². The molecule has 3 rings (SSSR count). The number of thiophene rings is 1. The van der Waals surface area contributed by atoms with Gasteiger partial charge in [0.15, 0.2) is 17.2 Å². The summed E-state index contributed by atoms with van der Waals surface area (Å²) in [5, 5.41) is 18.2. The number of aliphatic carboxylic acids is 1.